The van der Waals surface area contributed by atoms with Gasteiger partial charge in [-0.2, -0.15) is 0 Å². The molecule has 0 fully saturated rings. The molecule has 0 aliphatic heterocycles. The van der Waals surface area contributed by atoms with Crippen molar-refractivity contribution in [3.05, 3.63) is 30.2 Å². The minimum Gasteiger partial charge on any atom is -0.360 e. The average Bonchev–Trinajstić information content (AvgIpc) is 2.33. The molecule has 0 spiro atoms. The van der Waals surface area contributed by atoms with Crippen LogP contribution in [0, 0.1) is 6.92 Å². The topological polar surface area (TPSA) is 28.7 Å². The van der Waals surface area contributed by atoms with E-state index in [-0.39, 0.29) is 0 Å². The number of nitrogens with zero attached hydrogens (tertiary/aromatic N) is 1. The third kappa shape index (κ3) is 0.692. The average molecular weight is 132 g/mol. The van der Waals surface area contributed by atoms with Crippen LogP contribution in [-0.4, -0.2) is 9.97 Å². The molecule has 0 aliphatic carbocycles. The minimum atomic E-state index is 1.06. The molecule has 0 atom stereocenters. The van der Waals surface area contributed by atoms with Gasteiger partial charge in [0.2, 0.25) is 0 Å². The van der Waals surface area contributed by atoms with Gasteiger partial charge in [0.15, 0.2) is 0 Å². The van der Waals surface area contributed by atoms with E-state index in [0.717, 1.165) is 11.2 Å². The third-order valence-corrected chi connectivity index (χ3v) is 1.57. The monoisotopic (exact) mass is 132 g/mol. The first-order chi connectivity index (χ1) is 4.86. The Morgan fingerprint density at radius 1 is 1.50 bits per heavy atom. The quantitative estimate of drug-likeness (QED) is 0.582. The zero-order valence-corrected chi connectivity index (χ0v) is 5.76. The smallest absolute Gasteiger partial charge is 0.0640 e. The Morgan fingerprint density at radius 2 is 2.40 bits per heavy atom. The van der Waals surface area contributed by atoms with E-state index in [1.165, 1.54) is 5.39 Å². The predicted octanol–water partition coefficient (Wildman–Crippen LogP) is 1.87. The van der Waals surface area contributed by atoms with E-state index in [4.69, 9.17) is 0 Å². The summed E-state index contributed by atoms with van der Waals surface area (Å²) in [5.41, 5.74) is 2.16. The van der Waals surface area contributed by atoms with Crippen LogP contribution in [0.2, 0.25) is 0 Å². The number of aromatic nitrogens is 2. The van der Waals surface area contributed by atoms with Gasteiger partial charge < -0.3 is 4.98 Å². The van der Waals surface area contributed by atoms with Crippen LogP contribution in [0.4, 0.5) is 0 Å². The van der Waals surface area contributed by atoms with Gasteiger partial charge >= 0.3 is 0 Å². The summed E-state index contributed by atoms with van der Waals surface area (Å²) < 4.78 is 0. The first-order valence-corrected chi connectivity index (χ1v) is 3.26. The number of aryl methyl sites for hydroxylation is 1. The van der Waals surface area contributed by atoms with E-state index in [1.807, 2.05) is 25.4 Å². The number of rotatable bonds is 0. The number of fused-ring (bicyclic) bond motifs is 1. The molecule has 0 aliphatic rings. The van der Waals surface area contributed by atoms with Crippen molar-refractivity contribution in [2.45, 2.75) is 6.92 Å². The Labute approximate surface area is 58.9 Å². The molecule has 50 valence electrons. The van der Waals surface area contributed by atoms with Crippen molar-refractivity contribution in [2.24, 2.45) is 0 Å². The molecule has 10 heavy (non-hydrogen) atoms. The molecule has 2 rings (SSSR count). The van der Waals surface area contributed by atoms with E-state index < -0.39 is 0 Å². The molecular formula is C8H8N2. The highest BCUT2D eigenvalue weighted by Crippen LogP contribution is 2.10. The summed E-state index contributed by atoms with van der Waals surface area (Å²) in [6, 6.07) is 4.11. The molecule has 2 aromatic rings. The predicted molar refractivity (Wildman–Crippen MR) is 40.8 cm³/mol. The van der Waals surface area contributed by atoms with E-state index in [9.17, 15) is 0 Å². The van der Waals surface area contributed by atoms with Gasteiger partial charge in [0.25, 0.3) is 0 Å². The summed E-state index contributed by atoms with van der Waals surface area (Å²) in [5, 5.41) is 1.23. The van der Waals surface area contributed by atoms with E-state index in [2.05, 4.69) is 16.0 Å². The van der Waals surface area contributed by atoms with Gasteiger partial charge in [0.1, 0.15) is 0 Å². The summed E-state index contributed by atoms with van der Waals surface area (Å²) >= 11 is 0. The van der Waals surface area contributed by atoms with E-state index in [1.54, 1.807) is 0 Å². The molecule has 2 nitrogen and oxygen atoms in total. The molecule has 0 saturated heterocycles. The summed E-state index contributed by atoms with van der Waals surface area (Å²) in [5.74, 6) is 0. The van der Waals surface area contributed by atoms with Crippen LogP contribution in [0.3, 0.4) is 0 Å². The SMILES string of the molecule is Cc1cc2cc[nH]c2cn1. The number of hydrogen-bond acceptors (Lipinski definition) is 1. The normalized spacial score (nSPS) is 10.5. The van der Waals surface area contributed by atoms with Crippen LogP contribution < -0.4 is 0 Å². The Morgan fingerprint density at radius 3 is 3.30 bits per heavy atom. The van der Waals surface area contributed by atoms with Crippen molar-refractivity contribution < 1.29 is 0 Å². The van der Waals surface area contributed by atoms with Crippen molar-refractivity contribution in [3.63, 3.8) is 0 Å². The first kappa shape index (κ1) is 5.47. The van der Waals surface area contributed by atoms with Gasteiger partial charge in [-0.1, -0.05) is 0 Å². The van der Waals surface area contributed by atoms with Gasteiger partial charge in [0.05, 0.1) is 11.7 Å². The maximum Gasteiger partial charge on any atom is 0.0640 e. The van der Waals surface area contributed by atoms with Crippen LogP contribution in [0.1, 0.15) is 5.69 Å². The van der Waals surface area contributed by atoms with Crippen LogP contribution in [-0.2, 0) is 0 Å². The van der Waals surface area contributed by atoms with Crippen LogP contribution in [0.5, 0.6) is 0 Å². The molecule has 0 saturated carbocycles. The molecule has 2 heteroatoms. The Bertz CT molecular complexity index is 349. The van der Waals surface area contributed by atoms with Crippen molar-refractivity contribution in [3.8, 4) is 0 Å². The number of aromatic amines is 1. The first-order valence-electron chi connectivity index (χ1n) is 3.26. The molecule has 0 unspecified atom stereocenters. The molecule has 0 aromatic carbocycles. The zero-order chi connectivity index (χ0) is 6.97. The van der Waals surface area contributed by atoms with Gasteiger partial charge in [0, 0.05) is 17.3 Å². The Kier molecular flexibility index (Phi) is 1.01. The van der Waals surface area contributed by atoms with Crippen LogP contribution in [0.25, 0.3) is 10.9 Å². The second-order valence-electron chi connectivity index (χ2n) is 2.39. The number of nitrogens with one attached hydrogen (secondary N) is 1. The summed E-state index contributed by atoms with van der Waals surface area (Å²) in [6.45, 7) is 1.99. The largest absolute Gasteiger partial charge is 0.360 e. The number of H-pyrrole nitrogens is 1. The van der Waals surface area contributed by atoms with Gasteiger partial charge in [-0.3, -0.25) is 4.98 Å². The van der Waals surface area contributed by atoms with Crippen molar-refractivity contribution in [1.82, 2.24) is 9.97 Å². The minimum absolute atomic E-state index is 1.06. The second-order valence-corrected chi connectivity index (χ2v) is 2.39. The van der Waals surface area contributed by atoms with Crippen molar-refractivity contribution in [2.75, 3.05) is 0 Å². The van der Waals surface area contributed by atoms with E-state index in [0.29, 0.717) is 0 Å². The van der Waals surface area contributed by atoms with Crippen LogP contribution in [0.15, 0.2) is 24.5 Å². The standard InChI is InChI=1S/C8H8N2/c1-6-4-7-2-3-9-8(7)5-10-6/h2-5,9H,1H3. The lowest BCUT2D eigenvalue weighted by Crippen LogP contribution is -1.77. The molecule has 2 heterocycles. The fourth-order valence-electron chi connectivity index (χ4n) is 1.06. The number of pyridine rings is 1. The molecule has 0 radical (unpaired) electrons. The summed E-state index contributed by atoms with van der Waals surface area (Å²) in [6.07, 6.45) is 3.77. The zero-order valence-electron chi connectivity index (χ0n) is 5.76. The second kappa shape index (κ2) is 1.84. The summed E-state index contributed by atoms with van der Waals surface area (Å²) in [4.78, 5) is 7.23. The Hall–Kier alpha value is -1.31. The van der Waals surface area contributed by atoms with Gasteiger partial charge in [-0.25, -0.2) is 0 Å². The lowest BCUT2D eigenvalue weighted by atomic mass is 10.3. The summed E-state index contributed by atoms with van der Waals surface area (Å²) in [7, 11) is 0. The molecule has 2 aromatic heterocycles. The lowest BCUT2D eigenvalue weighted by Gasteiger charge is -1.89. The fraction of sp³-hybridized carbons (Fsp3) is 0.125. The lowest BCUT2D eigenvalue weighted by molar-refractivity contribution is 1.22. The highest BCUT2D eigenvalue weighted by molar-refractivity contribution is 5.78. The van der Waals surface area contributed by atoms with Crippen molar-refractivity contribution >= 4 is 10.9 Å². The van der Waals surface area contributed by atoms with Crippen LogP contribution >= 0.6 is 0 Å². The Balaban J connectivity index is 2.86. The maximum absolute atomic E-state index is 4.15. The molecular weight excluding hydrogens is 124 g/mol. The maximum atomic E-state index is 4.15. The highest BCUT2D eigenvalue weighted by atomic mass is 14.7. The fourth-order valence-corrected chi connectivity index (χ4v) is 1.06. The number of hydrogen-bond donors (Lipinski definition) is 1. The molecule has 0 amide bonds. The highest BCUT2D eigenvalue weighted by Gasteiger charge is 1.92. The molecule has 0 bridgehead atoms. The van der Waals surface area contributed by atoms with Gasteiger partial charge in [-0.15, -0.1) is 0 Å². The third-order valence-electron chi connectivity index (χ3n) is 1.57. The van der Waals surface area contributed by atoms with Crippen molar-refractivity contribution in [1.29, 1.82) is 0 Å². The van der Waals surface area contributed by atoms with Gasteiger partial charge in [-0.05, 0) is 19.1 Å². The van der Waals surface area contributed by atoms with E-state index >= 15 is 0 Å². The molecule has 1 N–H and O–H groups in total.